The van der Waals surface area contributed by atoms with Gasteiger partial charge in [0.05, 0.1) is 20.3 Å². The first-order valence-electron chi connectivity index (χ1n) is 7.44. The average molecular weight is 286 g/mol. The lowest BCUT2D eigenvalue weighted by atomic mass is 10.1. The van der Waals surface area contributed by atoms with Crippen molar-refractivity contribution < 1.29 is 14.8 Å². The minimum absolute atomic E-state index is 0.493. The second kappa shape index (κ2) is 8.32. The number of rotatable bonds is 8. The fourth-order valence-electron chi connectivity index (χ4n) is 2.21. The van der Waals surface area contributed by atoms with Crippen LogP contribution in [0.2, 0.25) is 0 Å². The van der Waals surface area contributed by atoms with E-state index in [0.717, 1.165) is 31.1 Å². The lowest BCUT2D eigenvalue weighted by molar-refractivity contribution is -0.693. The van der Waals surface area contributed by atoms with Crippen LogP contribution in [0.3, 0.4) is 0 Å². The maximum absolute atomic E-state index is 5.72. The van der Waals surface area contributed by atoms with Gasteiger partial charge in [0, 0.05) is 12.0 Å². The van der Waals surface area contributed by atoms with E-state index in [9.17, 15) is 0 Å². The molecule has 0 bridgehead atoms. The van der Waals surface area contributed by atoms with E-state index < -0.39 is 0 Å². The van der Waals surface area contributed by atoms with Gasteiger partial charge in [0.2, 0.25) is 0 Å². The van der Waals surface area contributed by atoms with Gasteiger partial charge in [0.15, 0.2) is 0 Å². The first-order valence-corrected chi connectivity index (χ1v) is 7.44. The molecule has 0 heterocycles. The Morgan fingerprint density at radius 2 is 1.62 bits per heavy atom. The van der Waals surface area contributed by atoms with Crippen molar-refractivity contribution in [2.75, 3.05) is 20.3 Å². The SMILES string of the molecule is COc1ccc(OCCC[NH2+][C@H](C)c2ccccc2)cc1. The largest absolute Gasteiger partial charge is 0.497 e. The van der Waals surface area contributed by atoms with E-state index in [-0.39, 0.29) is 0 Å². The van der Waals surface area contributed by atoms with Crippen molar-refractivity contribution in [1.29, 1.82) is 0 Å². The van der Waals surface area contributed by atoms with Crippen molar-refractivity contribution >= 4 is 0 Å². The van der Waals surface area contributed by atoms with Crippen LogP contribution in [-0.4, -0.2) is 20.3 Å². The van der Waals surface area contributed by atoms with E-state index in [1.54, 1.807) is 7.11 Å². The molecule has 112 valence electrons. The fraction of sp³-hybridized carbons (Fsp3) is 0.333. The van der Waals surface area contributed by atoms with E-state index in [0.29, 0.717) is 6.04 Å². The summed E-state index contributed by atoms with van der Waals surface area (Å²) >= 11 is 0. The highest BCUT2D eigenvalue weighted by atomic mass is 16.5. The first-order chi connectivity index (χ1) is 10.3. The zero-order valence-corrected chi connectivity index (χ0v) is 12.8. The third-order valence-corrected chi connectivity index (χ3v) is 3.52. The summed E-state index contributed by atoms with van der Waals surface area (Å²) in [5.41, 5.74) is 1.37. The maximum atomic E-state index is 5.72. The molecular formula is C18H24NO2+. The van der Waals surface area contributed by atoms with Gasteiger partial charge in [-0.1, -0.05) is 30.3 Å². The second-order valence-corrected chi connectivity index (χ2v) is 5.10. The number of nitrogens with two attached hydrogens (primary N) is 1. The molecule has 2 rings (SSSR count). The van der Waals surface area contributed by atoms with Crippen LogP contribution in [0, 0.1) is 0 Å². The first kappa shape index (κ1) is 15.4. The predicted molar refractivity (Wildman–Crippen MR) is 84.8 cm³/mol. The zero-order chi connectivity index (χ0) is 14.9. The molecule has 0 saturated carbocycles. The van der Waals surface area contributed by atoms with Crippen molar-refractivity contribution in [2.45, 2.75) is 19.4 Å². The Morgan fingerprint density at radius 1 is 0.952 bits per heavy atom. The number of methoxy groups -OCH3 is 1. The summed E-state index contributed by atoms with van der Waals surface area (Å²) in [5, 5.41) is 2.35. The molecule has 0 aromatic heterocycles. The molecule has 3 heteroatoms. The summed E-state index contributed by atoms with van der Waals surface area (Å²) in [6.07, 6.45) is 1.03. The Hall–Kier alpha value is -2.00. The van der Waals surface area contributed by atoms with Gasteiger partial charge < -0.3 is 14.8 Å². The third-order valence-electron chi connectivity index (χ3n) is 3.52. The highest BCUT2D eigenvalue weighted by Gasteiger charge is 2.06. The molecule has 0 unspecified atom stereocenters. The second-order valence-electron chi connectivity index (χ2n) is 5.10. The number of hydrogen-bond donors (Lipinski definition) is 1. The molecule has 2 aromatic rings. The molecule has 1 atom stereocenters. The molecule has 0 saturated heterocycles. The van der Waals surface area contributed by atoms with Gasteiger partial charge in [-0.25, -0.2) is 0 Å². The van der Waals surface area contributed by atoms with Crippen molar-refractivity contribution in [3.05, 3.63) is 60.2 Å². The van der Waals surface area contributed by atoms with E-state index in [1.807, 2.05) is 24.3 Å². The quantitative estimate of drug-likeness (QED) is 0.757. The molecule has 0 spiro atoms. The van der Waals surface area contributed by atoms with Gasteiger partial charge in [-0.2, -0.15) is 0 Å². The molecule has 0 radical (unpaired) electrons. The summed E-state index contributed by atoms with van der Waals surface area (Å²) in [5.74, 6) is 1.75. The van der Waals surface area contributed by atoms with Crippen LogP contribution >= 0.6 is 0 Å². The fourth-order valence-corrected chi connectivity index (χ4v) is 2.21. The normalized spacial score (nSPS) is 11.9. The predicted octanol–water partition coefficient (Wildman–Crippen LogP) is 2.79. The molecule has 3 nitrogen and oxygen atoms in total. The number of hydrogen-bond acceptors (Lipinski definition) is 2. The monoisotopic (exact) mass is 286 g/mol. The number of quaternary nitrogens is 1. The molecule has 0 fully saturated rings. The van der Waals surface area contributed by atoms with Crippen molar-refractivity contribution in [2.24, 2.45) is 0 Å². The Labute approximate surface area is 126 Å². The van der Waals surface area contributed by atoms with Gasteiger partial charge in [0.1, 0.15) is 17.5 Å². The van der Waals surface area contributed by atoms with Crippen LogP contribution in [0.25, 0.3) is 0 Å². The number of ether oxygens (including phenoxy) is 2. The summed E-state index contributed by atoms with van der Waals surface area (Å²) in [6.45, 7) is 4.04. The highest BCUT2D eigenvalue weighted by Crippen LogP contribution is 2.16. The van der Waals surface area contributed by atoms with Crippen LogP contribution in [0.1, 0.15) is 24.9 Å². The van der Waals surface area contributed by atoms with Crippen LogP contribution in [0.15, 0.2) is 54.6 Å². The summed E-state index contributed by atoms with van der Waals surface area (Å²) in [6, 6.07) is 18.8. The smallest absolute Gasteiger partial charge is 0.119 e. The molecule has 0 aliphatic heterocycles. The maximum Gasteiger partial charge on any atom is 0.119 e. The molecular weight excluding hydrogens is 262 g/mol. The van der Waals surface area contributed by atoms with Crippen molar-refractivity contribution in [3.63, 3.8) is 0 Å². The molecule has 0 amide bonds. The third kappa shape index (κ3) is 5.12. The van der Waals surface area contributed by atoms with Crippen molar-refractivity contribution in [3.8, 4) is 11.5 Å². The standard InChI is InChI=1S/C18H23NO2/c1-15(16-7-4-3-5-8-16)19-13-6-14-21-18-11-9-17(20-2)10-12-18/h3-5,7-12,15,19H,6,13-14H2,1-2H3/p+1/t15-/m1/s1. The van der Waals surface area contributed by atoms with Gasteiger partial charge in [-0.05, 0) is 31.2 Å². The van der Waals surface area contributed by atoms with Gasteiger partial charge >= 0.3 is 0 Å². The van der Waals surface area contributed by atoms with E-state index in [2.05, 4.69) is 42.6 Å². The molecule has 2 aromatic carbocycles. The van der Waals surface area contributed by atoms with Crippen LogP contribution < -0.4 is 14.8 Å². The Bertz CT molecular complexity index is 511. The summed E-state index contributed by atoms with van der Waals surface area (Å²) in [7, 11) is 1.67. The molecule has 2 N–H and O–H groups in total. The lowest BCUT2D eigenvalue weighted by Gasteiger charge is -2.11. The van der Waals surface area contributed by atoms with Crippen LogP contribution in [0.5, 0.6) is 11.5 Å². The van der Waals surface area contributed by atoms with E-state index >= 15 is 0 Å². The highest BCUT2D eigenvalue weighted by molar-refractivity contribution is 5.31. The average Bonchev–Trinajstić information content (AvgIpc) is 2.55. The van der Waals surface area contributed by atoms with Crippen molar-refractivity contribution in [1.82, 2.24) is 0 Å². The van der Waals surface area contributed by atoms with E-state index in [4.69, 9.17) is 9.47 Å². The van der Waals surface area contributed by atoms with Crippen LogP contribution in [0.4, 0.5) is 0 Å². The number of benzene rings is 2. The lowest BCUT2D eigenvalue weighted by Crippen LogP contribution is -2.84. The minimum atomic E-state index is 0.493. The molecule has 0 aliphatic carbocycles. The van der Waals surface area contributed by atoms with Gasteiger partial charge in [-0.3, -0.25) is 0 Å². The summed E-state index contributed by atoms with van der Waals surface area (Å²) < 4.78 is 10.8. The minimum Gasteiger partial charge on any atom is -0.497 e. The molecule has 0 aliphatic rings. The Morgan fingerprint density at radius 3 is 2.29 bits per heavy atom. The topological polar surface area (TPSA) is 35.1 Å². The zero-order valence-electron chi connectivity index (χ0n) is 12.8. The van der Waals surface area contributed by atoms with Crippen LogP contribution in [-0.2, 0) is 0 Å². The summed E-state index contributed by atoms with van der Waals surface area (Å²) in [4.78, 5) is 0. The molecule has 21 heavy (non-hydrogen) atoms. The Balaban J connectivity index is 1.63. The Kier molecular flexibility index (Phi) is 6.10. The van der Waals surface area contributed by atoms with Gasteiger partial charge in [-0.15, -0.1) is 0 Å². The van der Waals surface area contributed by atoms with Gasteiger partial charge in [0.25, 0.3) is 0 Å². The van der Waals surface area contributed by atoms with E-state index in [1.165, 1.54) is 5.56 Å².